The zero-order valence-electron chi connectivity index (χ0n) is 17.5. The molecule has 2 N–H and O–H groups in total. The van der Waals surface area contributed by atoms with Gasteiger partial charge in [0.1, 0.15) is 16.4 Å². The summed E-state index contributed by atoms with van der Waals surface area (Å²) in [6, 6.07) is 11.8. The Kier molecular flexibility index (Phi) is 6.45. The number of aryl methyl sites for hydroxylation is 1. The second-order valence-electron chi connectivity index (χ2n) is 7.06. The lowest BCUT2D eigenvalue weighted by Crippen LogP contribution is -2.23. The molecule has 0 aliphatic carbocycles. The molecule has 0 radical (unpaired) electrons. The fraction of sp³-hybridized carbons (Fsp3) is 0.130. The van der Waals surface area contributed by atoms with Crippen molar-refractivity contribution in [3.8, 4) is 5.75 Å². The van der Waals surface area contributed by atoms with E-state index in [1.165, 1.54) is 47.5 Å². The van der Waals surface area contributed by atoms with Gasteiger partial charge in [0.2, 0.25) is 5.91 Å². The van der Waals surface area contributed by atoms with Crippen LogP contribution in [-0.2, 0) is 11.3 Å². The first kappa shape index (κ1) is 22.2. The molecule has 2 aromatic carbocycles. The number of amides is 2. The van der Waals surface area contributed by atoms with Gasteiger partial charge in [0, 0.05) is 24.2 Å². The lowest BCUT2D eigenvalue weighted by atomic mass is 10.2. The van der Waals surface area contributed by atoms with Crippen LogP contribution in [0.15, 0.2) is 65.0 Å². The molecule has 33 heavy (non-hydrogen) atoms. The van der Waals surface area contributed by atoms with Gasteiger partial charge in [-0.05, 0) is 47.8 Å². The van der Waals surface area contributed by atoms with E-state index in [0.29, 0.717) is 27.3 Å². The SMILES string of the molecule is COc1ccc(NC(=O)CCn2cnc3sccc3c2=O)cc1NC(=O)c1cccc(F)c1. The zero-order valence-corrected chi connectivity index (χ0v) is 18.3. The maximum Gasteiger partial charge on any atom is 0.262 e. The molecule has 8 nitrogen and oxygen atoms in total. The summed E-state index contributed by atoms with van der Waals surface area (Å²) in [4.78, 5) is 42.2. The van der Waals surface area contributed by atoms with Gasteiger partial charge < -0.3 is 15.4 Å². The second kappa shape index (κ2) is 9.61. The first-order chi connectivity index (χ1) is 15.9. The lowest BCUT2D eigenvalue weighted by molar-refractivity contribution is -0.116. The van der Waals surface area contributed by atoms with Gasteiger partial charge in [-0.25, -0.2) is 9.37 Å². The number of halogens is 1. The maximum atomic E-state index is 13.4. The van der Waals surface area contributed by atoms with E-state index >= 15 is 0 Å². The Labute approximate surface area is 191 Å². The van der Waals surface area contributed by atoms with Crippen LogP contribution in [0.25, 0.3) is 10.2 Å². The molecular weight excluding hydrogens is 447 g/mol. The van der Waals surface area contributed by atoms with Crippen LogP contribution in [0.1, 0.15) is 16.8 Å². The lowest BCUT2D eigenvalue weighted by Gasteiger charge is -2.13. The number of benzene rings is 2. The Morgan fingerprint density at radius 2 is 2.00 bits per heavy atom. The molecule has 0 aliphatic heterocycles. The molecule has 168 valence electrons. The number of aromatic nitrogens is 2. The standard InChI is InChI=1S/C23H19FN4O4S/c1-32-19-6-5-16(12-18(19)27-21(30)14-3-2-4-15(24)11-14)26-20(29)7-9-28-13-25-22-17(23(28)31)8-10-33-22/h2-6,8,10-13H,7,9H2,1H3,(H,26,29)(H,27,30). The predicted octanol–water partition coefficient (Wildman–Crippen LogP) is 3.89. The topological polar surface area (TPSA) is 102 Å². The number of nitrogens with zero attached hydrogens (tertiary/aromatic N) is 2. The largest absolute Gasteiger partial charge is 0.495 e. The third-order valence-electron chi connectivity index (χ3n) is 4.85. The number of hydrogen-bond acceptors (Lipinski definition) is 6. The highest BCUT2D eigenvalue weighted by atomic mass is 32.1. The molecular formula is C23H19FN4O4S. The summed E-state index contributed by atoms with van der Waals surface area (Å²) >= 11 is 1.38. The molecule has 0 spiro atoms. The molecule has 0 unspecified atom stereocenters. The van der Waals surface area contributed by atoms with E-state index in [1.54, 1.807) is 29.6 Å². The number of rotatable bonds is 7. The van der Waals surface area contributed by atoms with Gasteiger partial charge in [0.05, 0.1) is 24.5 Å². The Bertz CT molecular complexity index is 1400. The number of anilines is 2. The van der Waals surface area contributed by atoms with Gasteiger partial charge >= 0.3 is 0 Å². The Morgan fingerprint density at radius 1 is 1.15 bits per heavy atom. The van der Waals surface area contributed by atoms with Crippen LogP contribution < -0.4 is 20.9 Å². The summed E-state index contributed by atoms with van der Waals surface area (Å²) in [5.74, 6) is -0.991. The quantitative estimate of drug-likeness (QED) is 0.430. The number of carbonyl (C=O) groups excluding carboxylic acids is 2. The normalized spacial score (nSPS) is 10.7. The van der Waals surface area contributed by atoms with Crippen LogP contribution >= 0.6 is 11.3 Å². The molecule has 0 atom stereocenters. The number of thiophene rings is 1. The van der Waals surface area contributed by atoms with Crippen LogP contribution in [-0.4, -0.2) is 28.5 Å². The number of ether oxygens (including phenoxy) is 1. The fourth-order valence-electron chi connectivity index (χ4n) is 3.21. The minimum Gasteiger partial charge on any atom is -0.495 e. The van der Waals surface area contributed by atoms with Crippen molar-refractivity contribution in [1.29, 1.82) is 0 Å². The smallest absolute Gasteiger partial charge is 0.262 e. The van der Waals surface area contributed by atoms with Gasteiger partial charge in [0.15, 0.2) is 0 Å². The number of nitrogens with one attached hydrogen (secondary N) is 2. The molecule has 0 bridgehead atoms. The second-order valence-corrected chi connectivity index (χ2v) is 7.95. The van der Waals surface area contributed by atoms with E-state index in [2.05, 4.69) is 15.6 Å². The van der Waals surface area contributed by atoms with Crippen molar-refractivity contribution in [1.82, 2.24) is 9.55 Å². The first-order valence-electron chi connectivity index (χ1n) is 9.92. The zero-order chi connectivity index (χ0) is 23.4. The van der Waals surface area contributed by atoms with Crippen molar-refractivity contribution in [2.24, 2.45) is 0 Å². The van der Waals surface area contributed by atoms with Crippen molar-refractivity contribution < 1.29 is 18.7 Å². The molecule has 2 amide bonds. The summed E-state index contributed by atoms with van der Waals surface area (Å²) in [6.07, 6.45) is 1.48. The van der Waals surface area contributed by atoms with Crippen molar-refractivity contribution in [2.45, 2.75) is 13.0 Å². The third-order valence-corrected chi connectivity index (χ3v) is 5.67. The molecule has 2 aromatic heterocycles. The molecule has 0 fully saturated rings. The minimum atomic E-state index is -0.525. The van der Waals surface area contributed by atoms with Crippen molar-refractivity contribution in [3.05, 3.63) is 82.0 Å². The predicted molar refractivity (Wildman–Crippen MR) is 124 cm³/mol. The summed E-state index contributed by atoms with van der Waals surface area (Å²) < 4.78 is 20.1. The molecule has 0 saturated heterocycles. The monoisotopic (exact) mass is 466 g/mol. The van der Waals surface area contributed by atoms with Crippen molar-refractivity contribution in [3.63, 3.8) is 0 Å². The van der Waals surface area contributed by atoms with Crippen LogP contribution in [0.3, 0.4) is 0 Å². The summed E-state index contributed by atoms with van der Waals surface area (Å²) in [5.41, 5.74) is 0.691. The first-order valence-corrected chi connectivity index (χ1v) is 10.8. The van der Waals surface area contributed by atoms with Gasteiger partial charge in [-0.1, -0.05) is 6.07 Å². The van der Waals surface area contributed by atoms with Crippen molar-refractivity contribution in [2.75, 3.05) is 17.7 Å². The highest BCUT2D eigenvalue weighted by Gasteiger charge is 2.13. The summed E-state index contributed by atoms with van der Waals surface area (Å²) in [6.45, 7) is 0.169. The minimum absolute atomic E-state index is 0.0498. The fourth-order valence-corrected chi connectivity index (χ4v) is 3.93. The Hall–Kier alpha value is -4.05. The van der Waals surface area contributed by atoms with E-state index in [1.807, 2.05) is 0 Å². The molecule has 2 heterocycles. The van der Waals surface area contributed by atoms with Gasteiger partial charge in [-0.15, -0.1) is 11.3 Å². The Morgan fingerprint density at radius 3 is 2.79 bits per heavy atom. The number of hydrogen-bond donors (Lipinski definition) is 2. The van der Waals surface area contributed by atoms with Gasteiger partial charge in [-0.2, -0.15) is 0 Å². The van der Waals surface area contributed by atoms with Crippen molar-refractivity contribution >= 4 is 44.7 Å². The van der Waals surface area contributed by atoms with Gasteiger partial charge in [0.25, 0.3) is 11.5 Å². The summed E-state index contributed by atoms with van der Waals surface area (Å²) in [5, 5.41) is 7.72. The number of carbonyl (C=O) groups is 2. The van der Waals surface area contributed by atoms with Crippen LogP contribution in [0.2, 0.25) is 0 Å². The van der Waals surface area contributed by atoms with Crippen LogP contribution in [0, 0.1) is 5.82 Å². The van der Waals surface area contributed by atoms with E-state index in [0.717, 1.165) is 6.07 Å². The molecule has 0 aliphatic rings. The highest BCUT2D eigenvalue weighted by Crippen LogP contribution is 2.28. The van der Waals surface area contributed by atoms with Gasteiger partial charge in [-0.3, -0.25) is 19.0 Å². The molecule has 0 saturated carbocycles. The number of fused-ring (bicyclic) bond motifs is 1. The highest BCUT2D eigenvalue weighted by molar-refractivity contribution is 7.16. The van der Waals surface area contributed by atoms with E-state index in [9.17, 15) is 18.8 Å². The maximum absolute atomic E-state index is 13.4. The van der Waals surface area contributed by atoms with Crippen LogP contribution in [0.5, 0.6) is 5.75 Å². The molecule has 10 heteroatoms. The van der Waals surface area contributed by atoms with E-state index < -0.39 is 11.7 Å². The number of methoxy groups -OCH3 is 1. The average Bonchev–Trinajstić information content (AvgIpc) is 3.29. The molecule has 4 rings (SSSR count). The third kappa shape index (κ3) is 5.07. The van der Waals surface area contributed by atoms with Crippen LogP contribution in [0.4, 0.5) is 15.8 Å². The average molecular weight is 466 g/mol. The summed E-state index contributed by atoms with van der Waals surface area (Å²) in [7, 11) is 1.45. The molecule has 4 aromatic rings. The van der Waals surface area contributed by atoms with E-state index in [4.69, 9.17) is 4.74 Å². The van der Waals surface area contributed by atoms with E-state index in [-0.39, 0.29) is 30.0 Å². The Balaban J connectivity index is 1.44.